The molecule has 6 N–H and O–H groups in total. The van der Waals surface area contributed by atoms with Gasteiger partial charge in [0.15, 0.2) is 29.0 Å². The molecule has 0 saturated carbocycles. The van der Waals surface area contributed by atoms with Crippen LogP contribution in [0.4, 0.5) is 0 Å². The van der Waals surface area contributed by atoms with Gasteiger partial charge in [0.25, 0.3) is 0 Å². The Hall–Kier alpha value is -5.57. The average molecular weight is 917 g/mol. The van der Waals surface area contributed by atoms with Crippen molar-refractivity contribution < 1.29 is 48.6 Å². The second-order valence-electron chi connectivity index (χ2n) is 16.8. The molecule has 15 heteroatoms. The van der Waals surface area contributed by atoms with E-state index in [4.69, 9.17) is 18.6 Å². The van der Waals surface area contributed by atoms with Crippen molar-refractivity contribution in [1.29, 1.82) is 0 Å². The molecule has 0 amide bonds. The first-order valence-corrected chi connectivity index (χ1v) is 24.0. The maximum Gasteiger partial charge on any atom is 0.335 e. The number of aromatic nitrogens is 1. The lowest BCUT2D eigenvalue weighted by Gasteiger charge is -2.53. The molecule has 336 valence electrons. The number of benzene rings is 3. The highest BCUT2D eigenvalue weighted by molar-refractivity contribution is 8.76. The first-order chi connectivity index (χ1) is 31.6. The number of fused-ring (bicyclic) bond motifs is 8. The van der Waals surface area contributed by atoms with Crippen molar-refractivity contribution in [3.63, 3.8) is 0 Å². The predicted octanol–water partition coefficient (Wildman–Crippen LogP) is 7.00. The average Bonchev–Trinajstić information content (AvgIpc) is 3.84. The number of hydrogen-bond acceptors (Lipinski definition) is 13. The Morgan fingerprint density at radius 3 is 2.68 bits per heavy atom. The summed E-state index contributed by atoms with van der Waals surface area (Å²) in [6.07, 6.45) is 9.06. The van der Waals surface area contributed by atoms with Crippen molar-refractivity contribution in [2.75, 3.05) is 24.8 Å². The van der Waals surface area contributed by atoms with Gasteiger partial charge in [-0.1, -0.05) is 76.2 Å². The second-order valence-corrected chi connectivity index (χ2v) is 19.3. The van der Waals surface area contributed by atoms with E-state index in [9.17, 15) is 34.8 Å². The minimum Gasteiger partial charge on any atom is -0.508 e. The highest BCUT2D eigenvalue weighted by Gasteiger charge is 2.69. The summed E-state index contributed by atoms with van der Waals surface area (Å²) in [4.78, 5) is 42.9. The number of aliphatic hydroxyl groups excluding tert-OH is 1. The number of β-amino-alcohol motifs (C(OH)–C–C–N with tert-alkyl or cyclic N) is 1. The van der Waals surface area contributed by atoms with Crippen molar-refractivity contribution in [1.82, 2.24) is 10.3 Å². The summed E-state index contributed by atoms with van der Waals surface area (Å²) in [5.41, 5.74) is 0.210. The molecule has 5 aliphatic rings. The maximum absolute atomic E-state index is 13.6. The number of phenolic OH excluding ortho intramolecular Hbond substituents is 1. The van der Waals surface area contributed by atoms with Crippen molar-refractivity contribution in [2.45, 2.75) is 67.2 Å². The molecule has 2 saturated heterocycles. The number of rotatable bonds is 7. The van der Waals surface area contributed by atoms with E-state index in [0.717, 1.165) is 24.0 Å². The van der Waals surface area contributed by atoms with Gasteiger partial charge in [0.1, 0.15) is 35.4 Å². The third-order valence-corrected chi connectivity index (χ3v) is 15.2. The van der Waals surface area contributed by atoms with Crippen molar-refractivity contribution in [3.8, 4) is 34.5 Å². The van der Waals surface area contributed by atoms with Crippen molar-refractivity contribution in [3.05, 3.63) is 137 Å². The standard InChI is InChI=1S/C50H48N2O11S2/c53-28-50-46(56)45(47(57)58)63-48(62-36-18-19-39-43(22-36)60-25-41(44(39)55)33-14-16-35(54)17-15-33)49(50,59)27-52-24-40(42(26-64-65-29-61-50)34-20-21-51-23-34)31-7-3-1-2-6-30-10-12-32(13-11-31)38-9-5-4-8-37(30)38/h4-5,8-10,12-23,25,28,30-31,40,42,45-46,48,51-52,54,56,59H,2,6-7,11,24,26-27,29H2,(H,57,58)/b32-13-/t30-,31+,40-,42-,45+,46-,48-,49+,50+/m1/s1. The van der Waals surface area contributed by atoms with Gasteiger partial charge in [-0.2, -0.15) is 0 Å². The molecule has 3 aliphatic carbocycles. The lowest BCUT2D eigenvalue weighted by atomic mass is 9.73. The molecule has 5 aromatic rings. The number of carbonyl (C=O) groups is 2. The van der Waals surface area contributed by atoms with E-state index >= 15 is 0 Å². The van der Waals surface area contributed by atoms with Crippen LogP contribution in [0.25, 0.3) is 27.7 Å². The first-order valence-electron chi connectivity index (χ1n) is 21.5. The van der Waals surface area contributed by atoms with Crippen LogP contribution in [-0.2, 0) is 19.1 Å². The zero-order chi connectivity index (χ0) is 45.1. The van der Waals surface area contributed by atoms with E-state index in [0.29, 0.717) is 36.6 Å². The number of hydrogen-bond donors (Lipinski definition) is 6. The molecule has 2 bridgehead atoms. The largest absolute Gasteiger partial charge is 0.508 e. The normalized spacial score (nSPS) is 30.3. The number of carboxylic acids is 1. The lowest BCUT2D eigenvalue weighted by molar-refractivity contribution is -0.340. The summed E-state index contributed by atoms with van der Waals surface area (Å²) in [5.74, 6) is 6.05. The molecule has 0 radical (unpaired) electrons. The number of aromatic hydroxyl groups is 1. The van der Waals surface area contributed by atoms with E-state index in [1.807, 2.05) is 12.4 Å². The molecule has 0 spiro atoms. The quantitative estimate of drug-likeness (QED) is 0.0554. The highest BCUT2D eigenvalue weighted by Crippen LogP contribution is 2.45. The van der Waals surface area contributed by atoms with Crippen molar-refractivity contribution in [2.24, 2.45) is 11.8 Å². The topological polar surface area (TPSA) is 201 Å². The van der Waals surface area contributed by atoms with Gasteiger partial charge >= 0.3 is 5.97 Å². The van der Waals surface area contributed by atoms with E-state index in [2.05, 4.69) is 70.7 Å². The fourth-order valence-electron chi connectivity index (χ4n) is 9.60. The van der Waals surface area contributed by atoms with Gasteiger partial charge in [-0.15, -0.1) is 11.8 Å². The van der Waals surface area contributed by atoms with Crippen LogP contribution >= 0.6 is 21.6 Å². The number of carbonyl (C=O) groups excluding carboxylic acids is 1. The molecule has 4 heterocycles. The van der Waals surface area contributed by atoms with Gasteiger partial charge in [-0.3, -0.25) is 9.59 Å². The van der Waals surface area contributed by atoms with Gasteiger partial charge in [-0.25, -0.2) is 4.79 Å². The van der Waals surface area contributed by atoms with Crippen LogP contribution in [0.5, 0.6) is 11.5 Å². The molecular formula is C50H48N2O11S2. The van der Waals surface area contributed by atoms with Crippen LogP contribution in [0.3, 0.4) is 0 Å². The minimum atomic E-state index is -2.56. The van der Waals surface area contributed by atoms with E-state index in [1.54, 1.807) is 12.1 Å². The molecule has 0 unspecified atom stereocenters. The number of aliphatic carboxylic acids is 1. The molecule has 2 aromatic heterocycles. The predicted molar refractivity (Wildman–Crippen MR) is 248 cm³/mol. The SMILES string of the molecule is O=C[C@@]12OCSSC[C@H](c3cc[nH]c3)[C@@H]([C@H]3CC#CCC[C@@H]4C=C/C(=C/C3)c3ccccc34)CNC[C@]1(O)[C@H](Oc1ccc3c(=O)c(-c4ccc(O)cc4)coc3c1)O[C@H](C(=O)O)[C@H]2O. The van der Waals surface area contributed by atoms with Crippen LogP contribution in [0, 0.1) is 23.7 Å². The Balaban J connectivity index is 1.07. The first kappa shape index (κ1) is 44.6. The van der Waals surface area contributed by atoms with Gasteiger partial charge in [0, 0.05) is 49.5 Å². The zero-order valence-corrected chi connectivity index (χ0v) is 36.8. The molecular weight excluding hydrogens is 869 g/mol. The van der Waals surface area contributed by atoms with E-state index in [-0.39, 0.29) is 63.4 Å². The van der Waals surface area contributed by atoms with Crippen LogP contribution in [-0.4, -0.2) is 92.1 Å². The van der Waals surface area contributed by atoms with Crippen LogP contribution in [0.1, 0.15) is 54.2 Å². The Bertz CT molecular complexity index is 2730. The monoisotopic (exact) mass is 916 g/mol. The number of phenols is 1. The van der Waals surface area contributed by atoms with Crippen LogP contribution < -0.4 is 15.5 Å². The maximum atomic E-state index is 13.6. The van der Waals surface area contributed by atoms with Crippen LogP contribution in [0.15, 0.2) is 119 Å². The highest BCUT2D eigenvalue weighted by atomic mass is 33.1. The summed E-state index contributed by atoms with van der Waals surface area (Å²) in [6.45, 7) is -0.137. The lowest BCUT2D eigenvalue weighted by Crippen LogP contribution is -2.80. The van der Waals surface area contributed by atoms with Gasteiger partial charge in [0.2, 0.25) is 6.29 Å². The molecule has 2 fully saturated rings. The number of aromatic amines is 1. The second kappa shape index (κ2) is 19.1. The Morgan fingerprint density at radius 1 is 1.03 bits per heavy atom. The number of carboxylic acid groups (broad SMARTS) is 1. The van der Waals surface area contributed by atoms with E-state index in [1.165, 1.54) is 69.3 Å². The number of allylic oxidation sites excluding steroid dienone is 4. The molecule has 9 atom stereocenters. The zero-order valence-electron chi connectivity index (χ0n) is 35.1. The molecule has 65 heavy (non-hydrogen) atoms. The summed E-state index contributed by atoms with van der Waals surface area (Å²) in [7, 11) is 2.79. The van der Waals surface area contributed by atoms with Crippen molar-refractivity contribution >= 4 is 50.4 Å². The fraction of sp³-hybridized carbons (Fsp3) is 0.340. The minimum absolute atomic E-state index is 0.00252. The Labute approximate surface area is 382 Å². The molecule has 2 aliphatic heterocycles. The summed E-state index contributed by atoms with van der Waals surface area (Å²) in [6, 6.07) is 21.0. The number of ether oxygens (including phenoxy) is 3. The summed E-state index contributed by atoms with van der Waals surface area (Å²) in [5, 5.41) is 48.4. The Morgan fingerprint density at radius 2 is 1.88 bits per heavy atom. The molecule has 10 rings (SSSR count). The smallest absolute Gasteiger partial charge is 0.335 e. The summed E-state index contributed by atoms with van der Waals surface area (Å²) >= 11 is 0. The van der Waals surface area contributed by atoms with Gasteiger partial charge in [0.05, 0.1) is 10.9 Å². The number of aldehydes is 1. The third kappa shape index (κ3) is 8.68. The number of nitrogens with one attached hydrogen (secondary N) is 2. The Kier molecular flexibility index (Phi) is 13.1. The van der Waals surface area contributed by atoms with Gasteiger partial charge < -0.3 is 49.4 Å². The molecule has 3 aromatic carbocycles. The third-order valence-electron chi connectivity index (χ3n) is 13.2. The molecule has 13 nitrogen and oxygen atoms in total. The number of aliphatic hydroxyl groups is 2. The van der Waals surface area contributed by atoms with Crippen LogP contribution in [0.2, 0.25) is 0 Å². The van der Waals surface area contributed by atoms with E-state index < -0.39 is 42.2 Å². The number of H-pyrrole nitrogens is 1. The fourth-order valence-corrected chi connectivity index (χ4v) is 11.7. The van der Waals surface area contributed by atoms with Gasteiger partial charge in [-0.05, 0) is 95.3 Å². The summed E-state index contributed by atoms with van der Waals surface area (Å²) < 4.78 is 24.2.